The Morgan fingerprint density at radius 3 is 2.86 bits per heavy atom. The Balaban J connectivity index is 1.80. The fourth-order valence-corrected chi connectivity index (χ4v) is 2.97. The van der Waals surface area contributed by atoms with E-state index in [4.69, 9.17) is 4.74 Å². The molecule has 2 aromatic carbocycles. The molecule has 0 aliphatic carbocycles. The molecule has 4 heteroatoms. The summed E-state index contributed by atoms with van der Waals surface area (Å²) in [5.41, 5.74) is 2.60. The van der Waals surface area contributed by atoms with Crippen LogP contribution in [0.5, 0.6) is 5.75 Å². The molecule has 0 bridgehead atoms. The summed E-state index contributed by atoms with van der Waals surface area (Å²) in [6.07, 6.45) is 0.906. The largest absolute Gasteiger partial charge is 0.487 e. The highest BCUT2D eigenvalue weighted by Gasteiger charge is 2.31. The van der Waals surface area contributed by atoms with Gasteiger partial charge in [0.25, 0.3) is 0 Å². The minimum Gasteiger partial charge on any atom is -0.487 e. The zero-order chi connectivity index (χ0) is 15.0. The van der Waals surface area contributed by atoms with E-state index in [0.29, 0.717) is 12.2 Å². The molecule has 21 heavy (non-hydrogen) atoms. The van der Waals surface area contributed by atoms with Crippen LogP contribution in [0, 0.1) is 5.82 Å². The van der Waals surface area contributed by atoms with Crippen LogP contribution in [-0.4, -0.2) is 5.60 Å². The lowest BCUT2D eigenvalue weighted by Crippen LogP contribution is -2.25. The minimum atomic E-state index is -0.266. The van der Waals surface area contributed by atoms with Crippen LogP contribution in [-0.2, 0) is 13.0 Å². The molecule has 1 aliphatic heterocycles. The normalized spacial score (nSPS) is 15.4. The second kappa shape index (κ2) is 5.34. The first-order valence-electron chi connectivity index (χ1n) is 6.93. The first kappa shape index (κ1) is 14.4. The second-order valence-electron chi connectivity index (χ2n) is 5.92. The molecule has 0 saturated heterocycles. The summed E-state index contributed by atoms with van der Waals surface area (Å²) >= 11 is 3.26. The van der Waals surface area contributed by atoms with Crippen molar-refractivity contribution in [2.24, 2.45) is 0 Å². The van der Waals surface area contributed by atoms with Gasteiger partial charge in [-0.1, -0.05) is 34.1 Å². The number of ether oxygens (including phenoxy) is 1. The minimum absolute atomic E-state index is 0.165. The highest BCUT2D eigenvalue weighted by Crippen LogP contribution is 2.37. The predicted molar refractivity (Wildman–Crippen MR) is 86.3 cm³/mol. The van der Waals surface area contributed by atoms with E-state index in [-0.39, 0.29) is 11.4 Å². The third-order valence-corrected chi connectivity index (χ3v) is 4.07. The van der Waals surface area contributed by atoms with Gasteiger partial charge in [-0.3, -0.25) is 0 Å². The first-order valence-corrected chi connectivity index (χ1v) is 7.73. The van der Waals surface area contributed by atoms with Gasteiger partial charge in [0.1, 0.15) is 17.2 Å². The molecule has 0 saturated carbocycles. The maximum absolute atomic E-state index is 13.8. The lowest BCUT2D eigenvalue weighted by molar-refractivity contribution is 0.137. The molecular weight excluding hydrogens is 333 g/mol. The fraction of sp³-hybridized carbons (Fsp3) is 0.294. The Morgan fingerprint density at radius 1 is 1.29 bits per heavy atom. The Bertz CT molecular complexity index is 684. The summed E-state index contributed by atoms with van der Waals surface area (Å²) in [5, 5.41) is 3.14. The van der Waals surface area contributed by atoms with Crippen molar-refractivity contribution in [2.75, 3.05) is 5.32 Å². The van der Waals surface area contributed by atoms with Crippen LogP contribution in [0.1, 0.15) is 25.0 Å². The van der Waals surface area contributed by atoms with Gasteiger partial charge in [0.15, 0.2) is 0 Å². The van der Waals surface area contributed by atoms with Gasteiger partial charge >= 0.3 is 0 Å². The van der Waals surface area contributed by atoms with Crippen molar-refractivity contribution in [3.8, 4) is 5.75 Å². The average Bonchev–Trinajstić information content (AvgIpc) is 2.72. The molecule has 0 amide bonds. The number of para-hydroxylation sites is 1. The van der Waals surface area contributed by atoms with E-state index >= 15 is 0 Å². The summed E-state index contributed by atoms with van der Waals surface area (Å²) in [7, 11) is 0. The van der Waals surface area contributed by atoms with E-state index in [2.05, 4.69) is 41.2 Å². The van der Waals surface area contributed by atoms with Gasteiger partial charge in [-0.25, -0.2) is 4.39 Å². The maximum Gasteiger partial charge on any atom is 0.147 e. The zero-order valence-corrected chi connectivity index (χ0v) is 13.6. The molecule has 0 spiro atoms. The molecular formula is C17H17BrFNO. The van der Waals surface area contributed by atoms with Crippen molar-refractivity contribution < 1.29 is 9.13 Å². The van der Waals surface area contributed by atoms with Gasteiger partial charge in [0, 0.05) is 23.0 Å². The van der Waals surface area contributed by atoms with Gasteiger partial charge in [0.2, 0.25) is 0 Å². The van der Waals surface area contributed by atoms with E-state index < -0.39 is 0 Å². The van der Waals surface area contributed by atoms with Crippen molar-refractivity contribution in [2.45, 2.75) is 32.4 Å². The summed E-state index contributed by atoms with van der Waals surface area (Å²) < 4.78 is 20.6. The van der Waals surface area contributed by atoms with Crippen molar-refractivity contribution in [3.05, 3.63) is 57.8 Å². The quantitative estimate of drug-likeness (QED) is 0.849. The number of fused-ring (bicyclic) bond motifs is 1. The molecule has 0 fully saturated rings. The molecule has 1 N–H and O–H groups in total. The summed E-state index contributed by atoms with van der Waals surface area (Å²) in [6.45, 7) is 4.70. The molecule has 2 aromatic rings. The number of rotatable bonds is 3. The standard InChI is InChI=1S/C17H17BrFNO/c1-17(2)9-11-4-3-5-12(16(11)21-17)10-20-15-7-6-13(18)8-14(15)19/h3-8,20H,9-10H2,1-2H3. The molecule has 0 aromatic heterocycles. The van der Waals surface area contributed by atoms with Crippen molar-refractivity contribution in [1.82, 2.24) is 0 Å². The summed E-state index contributed by atoms with van der Waals surface area (Å²) in [6, 6.07) is 11.1. The first-order chi connectivity index (χ1) is 9.94. The maximum atomic E-state index is 13.8. The SMILES string of the molecule is CC1(C)Cc2cccc(CNc3ccc(Br)cc3F)c2O1. The lowest BCUT2D eigenvalue weighted by atomic mass is 10.0. The Morgan fingerprint density at radius 2 is 2.10 bits per heavy atom. The molecule has 0 radical (unpaired) electrons. The Hall–Kier alpha value is -1.55. The Labute approximate surface area is 132 Å². The second-order valence-corrected chi connectivity index (χ2v) is 6.84. The highest BCUT2D eigenvalue weighted by atomic mass is 79.9. The van der Waals surface area contributed by atoms with Crippen molar-refractivity contribution >= 4 is 21.6 Å². The predicted octanol–water partition coefficient (Wildman–Crippen LogP) is 4.91. The van der Waals surface area contributed by atoms with E-state index in [1.807, 2.05) is 18.2 Å². The third-order valence-electron chi connectivity index (χ3n) is 3.57. The van der Waals surface area contributed by atoms with E-state index in [0.717, 1.165) is 22.2 Å². The Kier molecular flexibility index (Phi) is 3.66. The molecule has 110 valence electrons. The molecule has 1 aliphatic rings. The molecule has 0 unspecified atom stereocenters. The molecule has 3 rings (SSSR count). The number of anilines is 1. The average molecular weight is 350 g/mol. The number of hydrogen-bond acceptors (Lipinski definition) is 2. The van der Waals surface area contributed by atoms with Gasteiger partial charge in [-0.15, -0.1) is 0 Å². The molecule has 1 heterocycles. The van der Waals surface area contributed by atoms with E-state index in [9.17, 15) is 4.39 Å². The topological polar surface area (TPSA) is 21.3 Å². The summed E-state index contributed by atoms with van der Waals surface area (Å²) in [5.74, 6) is 0.672. The number of benzene rings is 2. The lowest BCUT2D eigenvalue weighted by Gasteiger charge is -2.18. The van der Waals surface area contributed by atoms with Crippen molar-refractivity contribution in [1.29, 1.82) is 0 Å². The van der Waals surface area contributed by atoms with Crippen LogP contribution in [0.3, 0.4) is 0 Å². The zero-order valence-electron chi connectivity index (χ0n) is 12.0. The third kappa shape index (κ3) is 3.05. The van der Waals surface area contributed by atoms with Crippen molar-refractivity contribution in [3.63, 3.8) is 0 Å². The van der Waals surface area contributed by atoms with Gasteiger partial charge in [-0.2, -0.15) is 0 Å². The van der Waals surface area contributed by atoms with E-state index in [1.54, 1.807) is 6.07 Å². The van der Waals surface area contributed by atoms with Gasteiger partial charge < -0.3 is 10.1 Å². The van der Waals surface area contributed by atoms with Crippen LogP contribution in [0.25, 0.3) is 0 Å². The van der Waals surface area contributed by atoms with Crippen LogP contribution < -0.4 is 10.1 Å². The molecule has 2 nitrogen and oxygen atoms in total. The van der Waals surface area contributed by atoms with Crippen LogP contribution in [0.15, 0.2) is 40.9 Å². The summed E-state index contributed by atoms with van der Waals surface area (Å²) in [4.78, 5) is 0. The number of nitrogens with one attached hydrogen (secondary N) is 1. The van der Waals surface area contributed by atoms with E-state index in [1.165, 1.54) is 11.6 Å². The highest BCUT2D eigenvalue weighted by molar-refractivity contribution is 9.10. The molecule has 0 atom stereocenters. The smallest absolute Gasteiger partial charge is 0.147 e. The van der Waals surface area contributed by atoms with Crippen LogP contribution in [0.4, 0.5) is 10.1 Å². The van der Waals surface area contributed by atoms with Gasteiger partial charge in [0.05, 0.1) is 5.69 Å². The number of halogens is 2. The number of hydrogen-bond donors (Lipinski definition) is 1. The fourth-order valence-electron chi connectivity index (χ4n) is 2.64. The van der Waals surface area contributed by atoms with Crippen LogP contribution >= 0.6 is 15.9 Å². The van der Waals surface area contributed by atoms with Gasteiger partial charge in [-0.05, 0) is 37.6 Å². The van der Waals surface area contributed by atoms with Crippen LogP contribution in [0.2, 0.25) is 0 Å². The monoisotopic (exact) mass is 349 g/mol.